The van der Waals surface area contributed by atoms with Crippen LogP contribution in [-0.4, -0.2) is 39.2 Å². The summed E-state index contributed by atoms with van der Waals surface area (Å²) in [6, 6.07) is 19.3. The fourth-order valence-corrected chi connectivity index (χ4v) is 5.81. The molecule has 0 fully saturated rings. The van der Waals surface area contributed by atoms with Crippen molar-refractivity contribution in [2.24, 2.45) is 0 Å². The zero-order chi connectivity index (χ0) is 27.2. The van der Waals surface area contributed by atoms with E-state index in [1.54, 1.807) is 48.5 Å². The molecule has 4 aromatic carbocycles. The molecule has 40 heavy (non-hydrogen) atoms. The summed E-state index contributed by atoms with van der Waals surface area (Å²) in [5.41, 5.74) is 0. The topological polar surface area (TPSA) is 133 Å². The average Bonchev–Trinajstić information content (AvgIpc) is 2.88. The molecule has 0 saturated carbocycles. The molecule has 0 aliphatic rings. The summed E-state index contributed by atoms with van der Waals surface area (Å²) in [5, 5.41) is 1.92. The Balaban J connectivity index is 0.00000280. The molecule has 0 spiro atoms. The van der Waals surface area contributed by atoms with Crippen LogP contribution in [0.15, 0.2) is 82.6 Å². The zero-order valence-corrected chi connectivity index (χ0v) is 28.3. The minimum Gasteiger partial charge on any atom is -0.744 e. The standard InChI is InChI=1S/C28H30O8S2.2Na/c29-37(30,31)27-17-15-25(21-11-5-7-13-23(21)27)35-19-9-3-1-2-4-10-20-36-26-16-18-28(38(32,33)34)24-14-8-6-12-22(24)26;;/h5-8,11-18H,1-4,9-10,19-20H2,(H,29,30,31)(H,32,33,34);;/q;2*+1/p-2. The Bertz CT molecular complexity index is 1520. The minimum absolute atomic E-state index is 0. The summed E-state index contributed by atoms with van der Waals surface area (Å²) < 4.78 is 80.9. The van der Waals surface area contributed by atoms with Crippen molar-refractivity contribution in [2.75, 3.05) is 13.2 Å². The monoisotopic (exact) mass is 602 g/mol. The molecule has 0 unspecified atom stereocenters. The van der Waals surface area contributed by atoms with E-state index in [-0.39, 0.29) is 68.9 Å². The van der Waals surface area contributed by atoms with Crippen molar-refractivity contribution >= 4 is 41.8 Å². The number of fused-ring (bicyclic) bond motifs is 2. The van der Waals surface area contributed by atoms with Crippen molar-refractivity contribution in [3.63, 3.8) is 0 Å². The third-order valence-electron chi connectivity index (χ3n) is 6.28. The second kappa shape index (κ2) is 15.9. The second-order valence-electron chi connectivity index (χ2n) is 8.94. The van der Waals surface area contributed by atoms with E-state index in [1.165, 1.54) is 24.3 Å². The van der Waals surface area contributed by atoms with E-state index in [9.17, 15) is 25.9 Å². The summed E-state index contributed by atoms with van der Waals surface area (Å²) in [7, 11) is -9.14. The maximum atomic E-state index is 11.5. The van der Waals surface area contributed by atoms with Crippen LogP contribution in [0.3, 0.4) is 0 Å². The van der Waals surface area contributed by atoms with Gasteiger partial charge in [0.15, 0.2) is 0 Å². The zero-order valence-electron chi connectivity index (χ0n) is 22.7. The van der Waals surface area contributed by atoms with Crippen LogP contribution in [-0.2, 0) is 20.2 Å². The van der Waals surface area contributed by atoms with Gasteiger partial charge in [-0.2, -0.15) is 0 Å². The van der Waals surface area contributed by atoms with Crippen LogP contribution in [0.25, 0.3) is 21.5 Å². The first-order valence-corrected chi connectivity index (χ1v) is 15.2. The van der Waals surface area contributed by atoms with Crippen LogP contribution >= 0.6 is 0 Å². The number of unbranched alkanes of at least 4 members (excludes halogenated alkanes) is 5. The Kier molecular flexibility index (Phi) is 13.9. The second-order valence-corrected chi connectivity index (χ2v) is 11.6. The van der Waals surface area contributed by atoms with Gasteiger partial charge >= 0.3 is 59.1 Å². The van der Waals surface area contributed by atoms with Crippen molar-refractivity contribution in [1.29, 1.82) is 0 Å². The molecule has 0 saturated heterocycles. The molecule has 0 aliphatic heterocycles. The molecule has 0 N–H and O–H groups in total. The quantitative estimate of drug-likeness (QED) is 0.115. The summed E-state index contributed by atoms with van der Waals surface area (Å²) >= 11 is 0. The maximum Gasteiger partial charge on any atom is 1.00 e. The van der Waals surface area contributed by atoms with Gasteiger partial charge in [-0.1, -0.05) is 74.2 Å². The van der Waals surface area contributed by atoms with E-state index >= 15 is 0 Å². The number of ether oxygens (including phenoxy) is 2. The van der Waals surface area contributed by atoms with Crippen molar-refractivity contribution < 1.29 is 94.5 Å². The molecule has 0 atom stereocenters. The Labute approximate surface area is 279 Å². The van der Waals surface area contributed by atoms with Gasteiger partial charge in [-0.15, -0.1) is 0 Å². The van der Waals surface area contributed by atoms with E-state index in [1.807, 2.05) is 0 Å². The van der Waals surface area contributed by atoms with Gasteiger partial charge in [0, 0.05) is 21.5 Å². The predicted octanol–water partition coefficient (Wildman–Crippen LogP) is -0.392. The van der Waals surface area contributed by atoms with E-state index in [4.69, 9.17) is 9.47 Å². The molecule has 0 heterocycles. The Morgan fingerprint density at radius 3 is 1.15 bits per heavy atom. The van der Waals surface area contributed by atoms with Gasteiger partial charge in [-0.25, -0.2) is 16.8 Å². The van der Waals surface area contributed by atoms with Crippen LogP contribution in [0.1, 0.15) is 38.5 Å². The van der Waals surface area contributed by atoms with Crippen LogP contribution < -0.4 is 68.6 Å². The van der Waals surface area contributed by atoms with Gasteiger partial charge in [-0.05, 0) is 37.1 Å². The molecular weight excluding hydrogens is 574 g/mol. The predicted molar refractivity (Wildman–Crippen MR) is 143 cm³/mol. The van der Waals surface area contributed by atoms with E-state index in [0.717, 1.165) is 38.5 Å². The largest absolute Gasteiger partial charge is 1.00 e. The Morgan fingerprint density at radius 1 is 0.475 bits per heavy atom. The normalized spacial score (nSPS) is 11.6. The molecular formula is C28H28Na2O8S2. The third kappa shape index (κ3) is 9.16. The summed E-state index contributed by atoms with van der Waals surface area (Å²) in [6.07, 6.45) is 5.68. The Morgan fingerprint density at radius 2 is 0.800 bits per heavy atom. The van der Waals surface area contributed by atoms with E-state index in [2.05, 4.69) is 0 Å². The summed E-state index contributed by atoms with van der Waals surface area (Å²) in [4.78, 5) is -0.491. The van der Waals surface area contributed by atoms with Crippen LogP contribution in [0, 0.1) is 0 Å². The van der Waals surface area contributed by atoms with E-state index < -0.39 is 20.2 Å². The smallest absolute Gasteiger partial charge is 0.744 e. The van der Waals surface area contributed by atoms with Gasteiger partial charge in [0.25, 0.3) is 0 Å². The number of rotatable bonds is 13. The van der Waals surface area contributed by atoms with Gasteiger partial charge in [0.1, 0.15) is 31.7 Å². The molecule has 0 amide bonds. The Hall–Kier alpha value is -1.18. The number of hydrogen-bond acceptors (Lipinski definition) is 8. The molecule has 8 nitrogen and oxygen atoms in total. The summed E-state index contributed by atoms with van der Waals surface area (Å²) in [6.45, 7) is 0.970. The fraction of sp³-hybridized carbons (Fsp3) is 0.286. The molecule has 0 bridgehead atoms. The SMILES string of the molecule is O=S(=O)([O-])c1ccc(OCCCCCCCCOc2ccc(S(=O)(=O)[O-])c3ccccc23)c2ccccc12.[Na+].[Na+]. The first kappa shape index (κ1) is 35.0. The van der Waals surface area contributed by atoms with Crippen molar-refractivity contribution in [1.82, 2.24) is 0 Å². The van der Waals surface area contributed by atoms with Crippen molar-refractivity contribution in [3.8, 4) is 11.5 Å². The minimum atomic E-state index is -4.57. The van der Waals surface area contributed by atoms with E-state index in [0.29, 0.717) is 46.3 Å². The van der Waals surface area contributed by atoms with Crippen molar-refractivity contribution in [2.45, 2.75) is 48.3 Å². The molecule has 4 rings (SSSR count). The molecule has 0 aromatic heterocycles. The van der Waals surface area contributed by atoms with Gasteiger partial charge < -0.3 is 18.6 Å². The average molecular weight is 603 g/mol. The van der Waals surface area contributed by atoms with Gasteiger partial charge in [-0.3, -0.25) is 0 Å². The molecule has 12 heteroatoms. The molecule has 202 valence electrons. The maximum absolute atomic E-state index is 11.5. The first-order valence-electron chi connectivity index (χ1n) is 12.4. The summed E-state index contributed by atoms with van der Waals surface area (Å²) in [5.74, 6) is 1.11. The van der Waals surface area contributed by atoms with Gasteiger partial charge in [0.2, 0.25) is 0 Å². The first-order chi connectivity index (χ1) is 18.2. The van der Waals surface area contributed by atoms with Crippen molar-refractivity contribution in [3.05, 3.63) is 72.8 Å². The van der Waals surface area contributed by atoms with Crippen LogP contribution in [0.4, 0.5) is 0 Å². The number of hydrogen-bond donors (Lipinski definition) is 0. The third-order valence-corrected chi connectivity index (χ3v) is 8.07. The molecule has 0 aliphatic carbocycles. The number of benzene rings is 4. The van der Waals surface area contributed by atoms with Gasteiger partial charge in [0.05, 0.1) is 23.0 Å². The molecule has 4 aromatic rings. The molecule has 0 radical (unpaired) electrons. The fourth-order valence-electron chi connectivity index (χ4n) is 4.45. The van der Waals surface area contributed by atoms with Crippen LogP contribution in [0.2, 0.25) is 0 Å². The van der Waals surface area contributed by atoms with Crippen LogP contribution in [0.5, 0.6) is 11.5 Å².